The molecule has 0 aliphatic carbocycles. The third-order valence-corrected chi connectivity index (χ3v) is 4.50. The van der Waals surface area contributed by atoms with Crippen molar-refractivity contribution in [3.8, 4) is 0 Å². The van der Waals surface area contributed by atoms with Gasteiger partial charge in [-0.2, -0.15) is 15.0 Å². The quantitative estimate of drug-likeness (QED) is 0.657. The first-order valence-corrected chi connectivity index (χ1v) is 9.51. The fourth-order valence-corrected chi connectivity index (χ4v) is 2.98. The Bertz CT molecular complexity index is 807. The number of anilines is 3. The lowest BCUT2D eigenvalue weighted by atomic mass is 10.2. The topological polar surface area (TPSA) is 75.2 Å². The number of nitrogens with one attached hydrogen (secondary N) is 2. The van der Waals surface area contributed by atoms with E-state index >= 15 is 0 Å². The van der Waals surface area contributed by atoms with Crippen LogP contribution in [0.25, 0.3) is 0 Å². The summed E-state index contributed by atoms with van der Waals surface area (Å²) >= 11 is 0. The van der Waals surface area contributed by atoms with E-state index in [1.807, 2.05) is 36.4 Å². The van der Waals surface area contributed by atoms with Crippen LogP contribution in [0.1, 0.15) is 11.1 Å². The summed E-state index contributed by atoms with van der Waals surface area (Å²) in [4.78, 5) is 15.9. The van der Waals surface area contributed by atoms with Crippen molar-refractivity contribution in [2.45, 2.75) is 13.1 Å². The molecule has 0 spiro atoms. The summed E-state index contributed by atoms with van der Waals surface area (Å²) < 4.78 is 5.45. The van der Waals surface area contributed by atoms with E-state index in [4.69, 9.17) is 4.74 Å². The molecule has 2 aromatic carbocycles. The van der Waals surface area contributed by atoms with Crippen molar-refractivity contribution in [1.82, 2.24) is 15.0 Å². The van der Waals surface area contributed by atoms with Crippen molar-refractivity contribution >= 4 is 17.8 Å². The van der Waals surface area contributed by atoms with Gasteiger partial charge in [0, 0.05) is 26.2 Å². The number of aromatic nitrogens is 3. The molecule has 1 aromatic heterocycles. The summed E-state index contributed by atoms with van der Waals surface area (Å²) in [6.45, 7) is 4.24. The zero-order valence-corrected chi connectivity index (χ0v) is 15.7. The van der Waals surface area contributed by atoms with E-state index in [0.717, 1.165) is 13.1 Å². The van der Waals surface area contributed by atoms with E-state index in [9.17, 15) is 0 Å². The van der Waals surface area contributed by atoms with Crippen LogP contribution in [0.3, 0.4) is 0 Å². The maximum Gasteiger partial charge on any atom is 0.232 e. The van der Waals surface area contributed by atoms with Gasteiger partial charge in [0.15, 0.2) is 0 Å². The van der Waals surface area contributed by atoms with E-state index in [-0.39, 0.29) is 0 Å². The Morgan fingerprint density at radius 3 is 1.71 bits per heavy atom. The lowest BCUT2D eigenvalue weighted by molar-refractivity contribution is 0.122. The Morgan fingerprint density at radius 2 is 1.21 bits per heavy atom. The number of ether oxygens (including phenoxy) is 1. The Balaban J connectivity index is 1.51. The van der Waals surface area contributed by atoms with Crippen LogP contribution in [0.15, 0.2) is 60.7 Å². The molecule has 7 heteroatoms. The molecular formula is C21H24N6O. The smallest absolute Gasteiger partial charge is 0.232 e. The minimum atomic E-state index is 0.566. The second-order valence-corrected chi connectivity index (χ2v) is 6.56. The molecule has 144 valence electrons. The van der Waals surface area contributed by atoms with Crippen LogP contribution in [0, 0.1) is 0 Å². The van der Waals surface area contributed by atoms with E-state index in [0.29, 0.717) is 44.1 Å². The number of benzene rings is 2. The third-order valence-electron chi connectivity index (χ3n) is 4.50. The zero-order valence-electron chi connectivity index (χ0n) is 15.7. The molecule has 0 amide bonds. The molecule has 0 radical (unpaired) electrons. The van der Waals surface area contributed by atoms with E-state index in [1.165, 1.54) is 11.1 Å². The first-order chi connectivity index (χ1) is 13.9. The van der Waals surface area contributed by atoms with Gasteiger partial charge in [-0.15, -0.1) is 0 Å². The van der Waals surface area contributed by atoms with Crippen molar-refractivity contribution in [3.05, 3.63) is 71.8 Å². The molecule has 28 heavy (non-hydrogen) atoms. The van der Waals surface area contributed by atoms with Crippen molar-refractivity contribution in [3.63, 3.8) is 0 Å². The maximum atomic E-state index is 5.45. The number of nitrogens with zero attached hydrogens (tertiary/aromatic N) is 4. The van der Waals surface area contributed by atoms with Gasteiger partial charge >= 0.3 is 0 Å². The van der Waals surface area contributed by atoms with E-state index in [1.54, 1.807) is 0 Å². The molecule has 1 fully saturated rings. The average molecular weight is 376 g/mol. The molecule has 2 heterocycles. The molecule has 0 saturated carbocycles. The SMILES string of the molecule is c1ccc(CNc2nc(NCc3ccccc3)nc(N3CCOCC3)n2)cc1. The number of hydrogen-bond donors (Lipinski definition) is 2. The van der Waals surface area contributed by atoms with Gasteiger partial charge in [0.25, 0.3) is 0 Å². The second kappa shape index (κ2) is 9.14. The van der Waals surface area contributed by atoms with Gasteiger partial charge in [-0.1, -0.05) is 60.7 Å². The fraction of sp³-hybridized carbons (Fsp3) is 0.286. The van der Waals surface area contributed by atoms with Crippen LogP contribution in [-0.2, 0) is 17.8 Å². The second-order valence-electron chi connectivity index (χ2n) is 6.56. The molecule has 1 aliphatic rings. The predicted molar refractivity (Wildman–Crippen MR) is 110 cm³/mol. The molecule has 1 saturated heterocycles. The van der Waals surface area contributed by atoms with Crippen LogP contribution in [-0.4, -0.2) is 41.3 Å². The summed E-state index contributed by atoms with van der Waals surface area (Å²) in [6.07, 6.45) is 0. The van der Waals surface area contributed by atoms with Gasteiger partial charge in [-0.3, -0.25) is 0 Å². The summed E-state index contributed by atoms with van der Waals surface area (Å²) in [7, 11) is 0. The van der Waals surface area contributed by atoms with Crippen molar-refractivity contribution in [2.24, 2.45) is 0 Å². The minimum absolute atomic E-state index is 0.566. The highest BCUT2D eigenvalue weighted by molar-refractivity contribution is 5.44. The summed E-state index contributed by atoms with van der Waals surface area (Å²) in [5.74, 6) is 1.80. The number of rotatable bonds is 7. The Hall–Kier alpha value is -3.19. The maximum absolute atomic E-state index is 5.45. The fourth-order valence-electron chi connectivity index (χ4n) is 2.98. The molecule has 3 aromatic rings. The lowest BCUT2D eigenvalue weighted by Crippen LogP contribution is -2.37. The standard InChI is InChI=1S/C21H24N6O/c1-3-7-17(8-4-1)15-22-19-24-20(23-16-18-9-5-2-6-10-18)26-21(25-19)27-11-13-28-14-12-27/h1-10H,11-16H2,(H2,22,23,24,25,26). The Labute approximate surface area is 164 Å². The highest BCUT2D eigenvalue weighted by atomic mass is 16.5. The summed E-state index contributed by atoms with van der Waals surface area (Å²) in [5, 5.41) is 6.64. The first kappa shape index (κ1) is 18.2. The van der Waals surface area contributed by atoms with E-state index < -0.39 is 0 Å². The average Bonchev–Trinajstić information content (AvgIpc) is 2.78. The van der Waals surface area contributed by atoms with Crippen LogP contribution in [0.4, 0.5) is 17.8 Å². The third kappa shape index (κ3) is 4.95. The van der Waals surface area contributed by atoms with Crippen molar-refractivity contribution in [2.75, 3.05) is 41.8 Å². The lowest BCUT2D eigenvalue weighted by Gasteiger charge is -2.27. The van der Waals surface area contributed by atoms with Crippen LogP contribution < -0.4 is 15.5 Å². The van der Waals surface area contributed by atoms with Gasteiger partial charge in [0.2, 0.25) is 17.8 Å². The first-order valence-electron chi connectivity index (χ1n) is 9.51. The molecule has 4 rings (SSSR count). The van der Waals surface area contributed by atoms with Gasteiger partial charge in [-0.25, -0.2) is 0 Å². The van der Waals surface area contributed by atoms with Crippen molar-refractivity contribution < 1.29 is 4.74 Å². The predicted octanol–water partition coefficient (Wildman–Crippen LogP) is 2.93. The molecule has 2 N–H and O–H groups in total. The largest absolute Gasteiger partial charge is 0.378 e. The Kier molecular flexibility index (Phi) is 5.94. The molecule has 0 bridgehead atoms. The molecule has 0 unspecified atom stereocenters. The van der Waals surface area contributed by atoms with Gasteiger partial charge < -0.3 is 20.3 Å². The Morgan fingerprint density at radius 1 is 0.714 bits per heavy atom. The summed E-state index contributed by atoms with van der Waals surface area (Å²) in [6, 6.07) is 20.4. The zero-order chi connectivity index (χ0) is 19.0. The molecule has 1 aliphatic heterocycles. The van der Waals surface area contributed by atoms with E-state index in [2.05, 4.69) is 54.8 Å². The monoisotopic (exact) mass is 376 g/mol. The highest BCUT2D eigenvalue weighted by Gasteiger charge is 2.16. The normalized spacial score (nSPS) is 13.9. The van der Waals surface area contributed by atoms with Crippen molar-refractivity contribution in [1.29, 1.82) is 0 Å². The highest BCUT2D eigenvalue weighted by Crippen LogP contribution is 2.16. The van der Waals surface area contributed by atoms with Crippen LogP contribution >= 0.6 is 0 Å². The number of hydrogen-bond acceptors (Lipinski definition) is 7. The molecule has 0 atom stereocenters. The molecule has 7 nitrogen and oxygen atoms in total. The van der Waals surface area contributed by atoms with Crippen LogP contribution in [0.5, 0.6) is 0 Å². The molecular weight excluding hydrogens is 352 g/mol. The summed E-state index contributed by atoms with van der Waals surface area (Å²) in [5.41, 5.74) is 2.35. The van der Waals surface area contributed by atoms with Gasteiger partial charge in [0.1, 0.15) is 0 Å². The van der Waals surface area contributed by atoms with Gasteiger partial charge in [0.05, 0.1) is 13.2 Å². The minimum Gasteiger partial charge on any atom is -0.378 e. The number of morpholine rings is 1. The van der Waals surface area contributed by atoms with Gasteiger partial charge in [-0.05, 0) is 11.1 Å². The van der Waals surface area contributed by atoms with Crippen LogP contribution in [0.2, 0.25) is 0 Å².